The standard InChI is InChI=1S/C25H30N2O4/c1-4-17-7-6-8-18(5-2)24(17)26-25(29)22-16(3)31-21-10-9-20(28)19(23(21)22)15-27-11-13-30-14-12-27/h6-10,28H,4-5,11-15H2,1-3H3,(H,26,29)/p+1. The van der Waals surface area contributed by atoms with E-state index in [1.54, 1.807) is 12.1 Å². The minimum absolute atomic E-state index is 0.198. The molecule has 0 atom stereocenters. The van der Waals surface area contributed by atoms with Gasteiger partial charge in [-0.25, -0.2) is 0 Å². The number of quaternary nitrogens is 1. The third kappa shape index (κ3) is 4.18. The van der Waals surface area contributed by atoms with Crippen molar-refractivity contribution in [3.63, 3.8) is 0 Å². The molecule has 0 saturated carbocycles. The Hall–Kier alpha value is -2.83. The summed E-state index contributed by atoms with van der Waals surface area (Å²) in [5, 5.41) is 14.6. The number of ether oxygens (including phenoxy) is 1. The van der Waals surface area contributed by atoms with E-state index in [9.17, 15) is 9.90 Å². The summed E-state index contributed by atoms with van der Waals surface area (Å²) >= 11 is 0. The van der Waals surface area contributed by atoms with E-state index < -0.39 is 0 Å². The molecule has 1 aromatic heterocycles. The van der Waals surface area contributed by atoms with Gasteiger partial charge in [0.25, 0.3) is 5.91 Å². The lowest BCUT2D eigenvalue weighted by molar-refractivity contribution is -0.921. The summed E-state index contributed by atoms with van der Waals surface area (Å²) in [6, 6.07) is 9.53. The molecule has 31 heavy (non-hydrogen) atoms. The van der Waals surface area contributed by atoms with Crippen LogP contribution in [0.15, 0.2) is 34.7 Å². The molecule has 3 aromatic rings. The van der Waals surface area contributed by atoms with Crippen LogP contribution in [-0.2, 0) is 24.1 Å². The van der Waals surface area contributed by atoms with Crippen molar-refractivity contribution in [1.82, 2.24) is 0 Å². The second kappa shape index (κ2) is 9.12. The molecule has 6 heteroatoms. The summed E-state index contributed by atoms with van der Waals surface area (Å²) in [7, 11) is 0. The molecule has 164 valence electrons. The largest absolute Gasteiger partial charge is 0.507 e. The molecule has 1 aliphatic heterocycles. The van der Waals surface area contributed by atoms with Gasteiger partial charge in [-0.2, -0.15) is 0 Å². The van der Waals surface area contributed by atoms with E-state index in [-0.39, 0.29) is 11.7 Å². The lowest BCUT2D eigenvalue weighted by Crippen LogP contribution is -3.12. The number of rotatable bonds is 6. The van der Waals surface area contributed by atoms with E-state index >= 15 is 0 Å². The summed E-state index contributed by atoms with van der Waals surface area (Å²) in [5.74, 6) is 0.559. The number of fused-ring (bicyclic) bond motifs is 1. The quantitative estimate of drug-likeness (QED) is 0.569. The van der Waals surface area contributed by atoms with Crippen molar-refractivity contribution < 1.29 is 24.0 Å². The number of morpholine rings is 1. The molecule has 1 amide bonds. The summed E-state index contributed by atoms with van der Waals surface area (Å²) in [6.45, 7) is 9.76. The minimum atomic E-state index is -0.198. The smallest absolute Gasteiger partial charge is 0.259 e. The van der Waals surface area contributed by atoms with Gasteiger partial charge in [0.1, 0.15) is 36.7 Å². The summed E-state index contributed by atoms with van der Waals surface area (Å²) in [5.41, 5.74) is 4.99. The lowest BCUT2D eigenvalue weighted by atomic mass is 10.0. The number of aromatic hydroxyl groups is 1. The number of benzene rings is 2. The molecule has 4 rings (SSSR count). The number of hydrogen-bond donors (Lipinski definition) is 3. The number of carbonyl (C=O) groups is 1. The highest BCUT2D eigenvalue weighted by Gasteiger charge is 2.26. The molecule has 0 spiro atoms. The van der Waals surface area contributed by atoms with E-state index in [1.165, 1.54) is 4.90 Å². The Kier molecular flexibility index (Phi) is 6.30. The normalized spacial score (nSPS) is 14.8. The van der Waals surface area contributed by atoms with Crippen LogP contribution in [0.1, 0.15) is 46.7 Å². The average Bonchev–Trinajstić information content (AvgIpc) is 3.12. The van der Waals surface area contributed by atoms with Gasteiger partial charge in [-0.3, -0.25) is 4.79 Å². The Morgan fingerprint density at radius 2 is 1.77 bits per heavy atom. The molecular weight excluding hydrogens is 392 g/mol. The monoisotopic (exact) mass is 423 g/mol. The highest BCUT2D eigenvalue weighted by molar-refractivity contribution is 6.14. The van der Waals surface area contributed by atoms with Gasteiger partial charge in [-0.1, -0.05) is 32.0 Å². The number of para-hydroxylation sites is 1. The fraction of sp³-hybridized carbons (Fsp3) is 0.400. The first-order valence-electron chi connectivity index (χ1n) is 11.1. The number of aryl methyl sites for hydroxylation is 3. The molecule has 1 aliphatic rings. The number of phenols is 1. The Balaban J connectivity index is 1.76. The van der Waals surface area contributed by atoms with Crippen molar-refractivity contribution in [3.05, 3.63) is 58.3 Å². The van der Waals surface area contributed by atoms with E-state index in [0.29, 0.717) is 42.1 Å². The Labute approximate surface area is 182 Å². The maximum absolute atomic E-state index is 13.5. The molecule has 2 heterocycles. The van der Waals surface area contributed by atoms with Crippen molar-refractivity contribution in [1.29, 1.82) is 0 Å². The van der Waals surface area contributed by atoms with E-state index in [0.717, 1.165) is 48.3 Å². The molecule has 6 nitrogen and oxygen atoms in total. The molecule has 0 bridgehead atoms. The molecule has 0 unspecified atom stereocenters. The zero-order chi connectivity index (χ0) is 22.0. The molecule has 3 N–H and O–H groups in total. The predicted octanol–water partition coefficient (Wildman–Crippen LogP) is 3.24. The SMILES string of the molecule is CCc1cccc(CC)c1NC(=O)c1c(C)oc2ccc(O)c(C[NH+]3CCOCC3)c12. The van der Waals surface area contributed by atoms with Gasteiger partial charge in [-0.05, 0) is 43.0 Å². The van der Waals surface area contributed by atoms with Crippen molar-refractivity contribution in [2.24, 2.45) is 0 Å². The van der Waals surface area contributed by atoms with Gasteiger partial charge in [0.15, 0.2) is 0 Å². The molecule has 1 saturated heterocycles. The Morgan fingerprint density at radius 3 is 2.42 bits per heavy atom. The highest BCUT2D eigenvalue weighted by Crippen LogP contribution is 2.34. The van der Waals surface area contributed by atoms with E-state index in [4.69, 9.17) is 9.15 Å². The molecular formula is C25H31N2O4+. The van der Waals surface area contributed by atoms with Crippen LogP contribution in [0.25, 0.3) is 11.0 Å². The Morgan fingerprint density at radius 1 is 1.10 bits per heavy atom. The third-order valence-electron chi connectivity index (χ3n) is 6.21. The molecule has 0 aliphatic carbocycles. The summed E-state index contributed by atoms with van der Waals surface area (Å²) in [4.78, 5) is 14.8. The minimum Gasteiger partial charge on any atom is -0.507 e. The van der Waals surface area contributed by atoms with Crippen LogP contribution < -0.4 is 10.2 Å². The van der Waals surface area contributed by atoms with E-state index in [1.807, 2.05) is 25.1 Å². The van der Waals surface area contributed by atoms with Gasteiger partial charge in [0.05, 0.1) is 24.3 Å². The zero-order valence-corrected chi connectivity index (χ0v) is 18.5. The van der Waals surface area contributed by atoms with Crippen LogP contribution in [0, 0.1) is 6.92 Å². The number of anilines is 1. The number of furan rings is 1. The number of amides is 1. The molecule has 1 fully saturated rings. The van der Waals surface area contributed by atoms with Crippen molar-refractivity contribution >= 4 is 22.6 Å². The van der Waals surface area contributed by atoms with Gasteiger partial charge < -0.3 is 24.5 Å². The van der Waals surface area contributed by atoms with Crippen LogP contribution in [0.5, 0.6) is 5.75 Å². The average molecular weight is 424 g/mol. The van der Waals surface area contributed by atoms with Gasteiger partial charge >= 0.3 is 0 Å². The highest BCUT2D eigenvalue weighted by atomic mass is 16.5. The lowest BCUT2D eigenvalue weighted by Gasteiger charge is -2.24. The van der Waals surface area contributed by atoms with Crippen molar-refractivity contribution in [2.45, 2.75) is 40.2 Å². The number of carbonyl (C=O) groups excluding carboxylic acids is 1. The van der Waals surface area contributed by atoms with Gasteiger partial charge in [-0.15, -0.1) is 0 Å². The Bertz CT molecular complexity index is 1070. The zero-order valence-electron chi connectivity index (χ0n) is 18.5. The summed E-state index contributed by atoms with van der Waals surface area (Å²) < 4.78 is 11.4. The first kappa shape index (κ1) is 21.4. The number of nitrogens with one attached hydrogen (secondary N) is 2. The van der Waals surface area contributed by atoms with Crippen LogP contribution in [0.2, 0.25) is 0 Å². The van der Waals surface area contributed by atoms with Crippen molar-refractivity contribution in [2.75, 3.05) is 31.6 Å². The van der Waals surface area contributed by atoms with Gasteiger partial charge in [0.2, 0.25) is 0 Å². The third-order valence-corrected chi connectivity index (χ3v) is 6.21. The molecule has 2 aromatic carbocycles. The number of hydrogen-bond acceptors (Lipinski definition) is 4. The maximum atomic E-state index is 13.5. The fourth-order valence-corrected chi connectivity index (χ4v) is 4.48. The van der Waals surface area contributed by atoms with Crippen LogP contribution in [0.4, 0.5) is 5.69 Å². The van der Waals surface area contributed by atoms with Crippen LogP contribution in [-0.4, -0.2) is 37.3 Å². The second-order valence-corrected chi connectivity index (χ2v) is 8.12. The fourth-order valence-electron chi connectivity index (χ4n) is 4.48. The van der Waals surface area contributed by atoms with E-state index in [2.05, 4.69) is 19.2 Å². The topological polar surface area (TPSA) is 76.1 Å². The maximum Gasteiger partial charge on any atom is 0.259 e. The van der Waals surface area contributed by atoms with Gasteiger partial charge in [0, 0.05) is 11.1 Å². The summed E-state index contributed by atoms with van der Waals surface area (Å²) in [6.07, 6.45) is 1.67. The second-order valence-electron chi connectivity index (χ2n) is 8.12. The van der Waals surface area contributed by atoms with Crippen LogP contribution in [0.3, 0.4) is 0 Å². The van der Waals surface area contributed by atoms with Crippen molar-refractivity contribution in [3.8, 4) is 5.75 Å². The predicted molar refractivity (Wildman–Crippen MR) is 121 cm³/mol. The van der Waals surface area contributed by atoms with Crippen LogP contribution >= 0.6 is 0 Å². The number of phenolic OH excluding ortho intramolecular Hbond substituents is 1. The molecule has 0 radical (unpaired) electrons. The first-order chi connectivity index (χ1) is 15.0. The first-order valence-corrected chi connectivity index (χ1v) is 11.1.